The Morgan fingerprint density at radius 2 is 1.51 bits per heavy atom. The van der Waals surface area contributed by atoms with Gasteiger partial charge in [0.15, 0.2) is 0 Å². The molecule has 83 heavy (non-hydrogen) atoms. The molecule has 18 nitrogen and oxygen atoms in total. The van der Waals surface area contributed by atoms with Crippen LogP contribution in [0.4, 0.5) is 28.9 Å². The number of pyridine rings is 1. The van der Waals surface area contributed by atoms with Gasteiger partial charge in [0.25, 0.3) is 5.91 Å². The summed E-state index contributed by atoms with van der Waals surface area (Å²) in [7, 11) is 2.01. The second-order valence-electron chi connectivity index (χ2n) is 23.2. The molecule has 2 aromatic heterocycles. The van der Waals surface area contributed by atoms with Crippen LogP contribution in [0.2, 0.25) is 0 Å². The molecule has 5 heterocycles. The number of aromatic amines is 1. The molecule has 0 saturated carbocycles. The number of thiazole rings is 1. The fourth-order valence-electron chi connectivity index (χ4n) is 11.0. The second-order valence-corrected chi connectivity index (χ2v) is 24.0. The van der Waals surface area contributed by atoms with Gasteiger partial charge in [0, 0.05) is 121 Å². The minimum atomic E-state index is -4.98. The highest BCUT2D eigenvalue weighted by Gasteiger charge is 2.45. The molecule has 6 N–H and O–H groups in total. The zero-order valence-corrected chi connectivity index (χ0v) is 48.8. The van der Waals surface area contributed by atoms with Crippen LogP contribution in [0.25, 0.3) is 21.6 Å². The van der Waals surface area contributed by atoms with Crippen molar-refractivity contribution in [1.29, 1.82) is 0 Å². The average Bonchev–Trinajstić information content (AvgIpc) is 4.24. The lowest BCUT2D eigenvalue weighted by molar-refractivity contribution is -0.144. The van der Waals surface area contributed by atoms with E-state index in [1.165, 1.54) is 11.0 Å². The number of carbonyl (C=O) groups is 5. The van der Waals surface area contributed by atoms with E-state index in [1.807, 2.05) is 63.9 Å². The topological polar surface area (TPSA) is 216 Å². The Labute approximate surface area is 485 Å². The highest BCUT2D eigenvalue weighted by molar-refractivity contribution is 7.13. The number of piperazine rings is 2. The van der Waals surface area contributed by atoms with Crippen LogP contribution in [-0.2, 0) is 38.4 Å². The molecule has 23 heteroatoms. The number of H-pyrrole nitrogens is 1. The van der Waals surface area contributed by atoms with E-state index in [0.717, 1.165) is 33.5 Å². The number of rotatable bonds is 19. The minimum absolute atomic E-state index is 0.00548. The maximum absolute atomic E-state index is 15.8. The van der Waals surface area contributed by atoms with E-state index in [0.29, 0.717) is 76.2 Å². The smallest absolute Gasteiger partial charge is 0.391 e. The second kappa shape index (κ2) is 26.7. The van der Waals surface area contributed by atoms with Gasteiger partial charge in [0.05, 0.1) is 44.7 Å². The van der Waals surface area contributed by atoms with Gasteiger partial charge in [-0.2, -0.15) is 13.2 Å². The van der Waals surface area contributed by atoms with Crippen molar-refractivity contribution in [1.82, 2.24) is 45.5 Å². The lowest BCUT2D eigenvalue weighted by Gasteiger charge is -2.44. The van der Waals surface area contributed by atoms with Crippen LogP contribution in [-0.4, -0.2) is 160 Å². The summed E-state index contributed by atoms with van der Waals surface area (Å²) in [6.07, 6.45) is -4.75. The van der Waals surface area contributed by atoms with Crippen molar-refractivity contribution in [3.63, 3.8) is 0 Å². The molecule has 5 amide bonds. The summed E-state index contributed by atoms with van der Waals surface area (Å²) in [6, 6.07) is 16.3. The van der Waals surface area contributed by atoms with E-state index in [-0.39, 0.29) is 68.0 Å². The lowest BCUT2D eigenvalue weighted by Crippen LogP contribution is -2.57. The van der Waals surface area contributed by atoms with Crippen LogP contribution >= 0.6 is 11.3 Å². The predicted octanol–water partition coefficient (Wildman–Crippen LogP) is 6.63. The van der Waals surface area contributed by atoms with Crippen LogP contribution in [0, 0.1) is 18.2 Å². The molecule has 0 bridgehead atoms. The van der Waals surface area contributed by atoms with Gasteiger partial charge in [-0.25, -0.2) is 9.37 Å². The summed E-state index contributed by atoms with van der Waals surface area (Å²) in [5.74, 6) is -3.10. The average molecular weight is 1170 g/mol. The highest BCUT2D eigenvalue weighted by Crippen LogP contribution is 2.37. The van der Waals surface area contributed by atoms with Crippen molar-refractivity contribution in [3.05, 3.63) is 123 Å². The maximum atomic E-state index is 15.8. The number of likely N-dealkylation sites (N-methyl/N-ethyl adjacent to an activating group) is 1. The summed E-state index contributed by atoms with van der Waals surface area (Å²) in [5.41, 5.74) is 2.97. The summed E-state index contributed by atoms with van der Waals surface area (Å²) in [5, 5.41) is 22.0. The maximum Gasteiger partial charge on any atom is 0.417 e. The summed E-state index contributed by atoms with van der Waals surface area (Å²) >= 11 is 1.55. The summed E-state index contributed by atoms with van der Waals surface area (Å²) in [6.45, 7) is 17.1. The van der Waals surface area contributed by atoms with E-state index in [9.17, 15) is 47.0 Å². The number of aliphatic hydroxyl groups is 1. The van der Waals surface area contributed by atoms with Gasteiger partial charge in [-0.3, -0.25) is 43.5 Å². The van der Waals surface area contributed by atoms with Crippen molar-refractivity contribution >= 4 is 52.2 Å². The molecule has 5 atom stereocenters. The third-order valence-corrected chi connectivity index (χ3v) is 16.9. The molecule has 0 radical (unpaired) electrons. The number of nitrogens with zero attached hydrogens (tertiary/aromatic N) is 6. The SMILES string of the molecule is Cc1ncsc1-c1ccc(CNC(=O)[C@@H]2C[C@@H](O)CN2C(=O)[C@@H](NC(=O)CCCC(=O)NCCN2CCN(Cc3ccc(F)c(-c4ccc(N5C[C@@H](C)N(C)[C@@H](C)C5)c(NC(=O)c5c[nH]c(=O)cc5C(F)(F)F)c4)c3)CC2)C(C)(C)C)cc1. The molecule has 3 aliphatic heterocycles. The predicted molar refractivity (Wildman–Crippen MR) is 311 cm³/mol. The fourth-order valence-corrected chi connectivity index (χ4v) is 11.8. The van der Waals surface area contributed by atoms with Gasteiger partial charge in [0.1, 0.15) is 17.9 Å². The van der Waals surface area contributed by atoms with Gasteiger partial charge < -0.3 is 41.2 Å². The van der Waals surface area contributed by atoms with Crippen LogP contribution in [0.5, 0.6) is 0 Å². The third kappa shape index (κ3) is 15.8. The molecule has 3 saturated heterocycles. The van der Waals surface area contributed by atoms with Gasteiger partial charge in [0.2, 0.25) is 29.2 Å². The van der Waals surface area contributed by atoms with Gasteiger partial charge >= 0.3 is 6.18 Å². The van der Waals surface area contributed by atoms with E-state index in [1.54, 1.807) is 47.2 Å². The quantitative estimate of drug-likeness (QED) is 0.0481. The van der Waals surface area contributed by atoms with Crippen molar-refractivity contribution < 1.29 is 46.6 Å². The van der Waals surface area contributed by atoms with Crippen molar-refractivity contribution in [2.24, 2.45) is 5.41 Å². The number of β-amino-alcohol motifs (C(OH)–C–C–N with tert-alkyl or cyclic N) is 1. The van der Waals surface area contributed by atoms with Crippen LogP contribution in [0.3, 0.4) is 0 Å². The summed E-state index contributed by atoms with van der Waals surface area (Å²) < 4.78 is 57.9. The number of likely N-dealkylation sites (tertiary alicyclic amines) is 1. The van der Waals surface area contributed by atoms with Gasteiger partial charge in [-0.05, 0) is 86.2 Å². The number of anilines is 2. The molecule has 0 unspecified atom stereocenters. The molecule has 0 spiro atoms. The molecular weight excluding hydrogens is 1090 g/mol. The number of amides is 5. The monoisotopic (exact) mass is 1170 g/mol. The fraction of sp³-hybridized carbons (Fsp3) is 0.483. The standard InChI is InChI=1S/C60H75F4N11O7S/c1-36-31-74(32-37(2)71(36)7)49-18-16-42(26-48(49)69-56(80)45-30-66-53(79)28-46(45)60(62,63)64)44-25-40(13-17-47(44)61)33-73-23-21-72(22-24-73)20-19-65-51(77)9-8-10-52(78)70-55(59(4,5)6)58(82)75-34-43(76)27-50(75)57(81)67-29-39-11-14-41(15-12-39)54-38(3)68-35-83-54/h11-18,25-26,28,30,35-37,43,50,55,76H,8-10,19-24,27,29,31-34H2,1-7H3,(H,65,77)(H,66,79)(H,67,81)(H,69,80)(H,70,78)/t36-,37+,43-,50+,55-/m1/s1. The van der Waals surface area contributed by atoms with Crippen molar-refractivity contribution in [2.45, 2.75) is 117 Å². The Kier molecular flexibility index (Phi) is 19.9. The van der Waals surface area contributed by atoms with Gasteiger partial charge in [-0.15, -0.1) is 11.3 Å². The van der Waals surface area contributed by atoms with E-state index in [4.69, 9.17) is 0 Å². The summed E-state index contributed by atoms with van der Waals surface area (Å²) in [4.78, 5) is 97.0. The number of aliphatic hydroxyl groups excluding tert-OH is 1. The molecule has 3 aromatic carbocycles. The molecule has 0 aliphatic carbocycles. The molecule has 5 aromatic rings. The largest absolute Gasteiger partial charge is 0.417 e. The molecule has 3 fully saturated rings. The Morgan fingerprint density at radius 3 is 2.17 bits per heavy atom. The molecule has 446 valence electrons. The number of hydrogen-bond donors (Lipinski definition) is 6. The number of hydrogen-bond acceptors (Lipinski definition) is 13. The van der Waals surface area contributed by atoms with Gasteiger partial charge in [-0.1, -0.05) is 57.2 Å². The van der Waals surface area contributed by atoms with Crippen LogP contribution in [0.15, 0.2) is 83.2 Å². The van der Waals surface area contributed by atoms with E-state index in [2.05, 4.69) is 59.8 Å². The number of halogens is 4. The first-order valence-electron chi connectivity index (χ1n) is 28.1. The zero-order chi connectivity index (χ0) is 59.9. The van der Waals surface area contributed by atoms with Crippen LogP contribution < -0.4 is 31.7 Å². The first kappa shape index (κ1) is 62.0. The van der Waals surface area contributed by atoms with Crippen molar-refractivity contribution in [3.8, 4) is 21.6 Å². The number of alkyl halides is 3. The van der Waals surface area contributed by atoms with E-state index < -0.39 is 75.9 Å². The third-order valence-electron chi connectivity index (χ3n) is 15.9. The first-order chi connectivity index (χ1) is 39.3. The molecule has 3 aliphatic rings. The zero-order valence-electron chi connectivity index (χ0n) is 48.0. The molecular formula is C60H75F4N11O7S. The number of carbonyl (C=O) groups excluding carboxylic acids is 5. The Bertz CT molecular complexity index is 3180. The Balaban J connectivity index is 0.789. The normalized spacial score (nSPS) is 19.6. The van der Waals surface area contributed by atoms with Crippen LogP contribution in [0.1, 0.15) is 93.0 Å². The molecule has 8 rings (SSSR count). The number of aryl methyl sites for hydroxylation is 1. The number of aromatic nitrogens is 2. The van der Waals surface area contributed by atoms with E-state index >= 15 is 4.39 Å². The Morgan fingerprint density at radius 1 is 0.843 bits per heavy atom. The van der Waals surface area contributed by atoms with Crippen molar-refractivity contribution in [2.75, 3.05) is 76.2 Å². The number of benzene rings is 3. The lowest BCUT2D eigenvalue weighted by atomic mass is 9.85. The minimum Gasteiger partial charge on any atom is -0.391 e. The first-order valence-corrected chi connectivity index (χ1v) is 29.0. The Hall–Kier alpha value is -7.05. The number of nitrogens with one attached hydrogen (secondary N) is 5. The highest BCUT2D eigenvalue weighted by atomic mass is 32.1.